The smallest absolute Gasteiger partial charge is 0.257 e. The lowest BCUT2D eigenvalue weighted by Gasteiger charge is -2.37. The van der Waals surface area contributed by atoms with Crippen molar-refractivity contribution in [3.63, 3.8) is 0 Å². The molecular weight excluding hydrogens is 378 g/mol. The molecule has 1 fully saturated rings. The molecule has 30 heavy (non-hydrogen) atoms. The van der Waals surface area contributed by atoms with Crippen molar-refractivity contribution in [3.05, 3.63) is 65.7 Å². The summed E-state index contributed by atoms with van der Waals surface area (Å²) in [6.07, 6.45) is 5.41. The number of benzene rings is 2. The first-order chi connectivity index (χ1) is 14.6. The number of hydrogen-bond donors (Lipinski definition) is 2. The second-order valence-corrected chi connectivity index (χ2v) is 7.97. The number of amides is 3. The standard InChI is InChI=1S/C24H27N3O3/c28-22(25-16-15-17-9-3-1-4-10-17)21-23(29)26-20-14-8-7-13-19(20)24(30)27(21)18-11-5-2-6-12-18/h1,3-4,7-10,13-14,18,21H,2,5-6,11-12,15-16H2,(H,25,28)(H,26,29). The lowest BCUT2D eigenvalue weighted by Crippen LogP contribution is -2.58. The van der Waals surface area contributed by atoms with Crippen molar-refractivity contribution < 1.29 is 14.4 Å². The van der Waals surface area contributed by atoms with E-state index in [4.69, 9.17) is 0 Å². The van der Waals surface area contributed by atoms with Crippen molar-refractivity contribution in [3.8, 4) is 0 Å². The average molecular weight is 405 g/mol. The van der Waals surface area contributed by atoms with E-state index in [1.165, 1.54) is 4.90 Å². The van der Waals surface area contributed by atoms with Gasteiger partial charge in [-0.3, -0.25) is 14.4 Å². The maximum atomic E-state index is 13.4. The molecule has 0 radical (unpaired) electrons. The zero-order valence-corrected chi connectivity index (χ0v) is 17.0. The fourth-order valence-electron chi connectivity index (χ4n) is 4.41. The topological polar surface area (TPSA) is 78.5 Å². The predicted molar refractivity (Wildman–Crippen MR) is 115 cm³/mol. The molecule has 0 bridgehead atoms. The molecular formula is C24H27N3O3. The van der Waals surface area contributed by atoms with Crippen molar-refractivity contribution in [1.29, 1.82) is 0 Å². The zero-order valence-electron chi connectivity index (χ0n) is 17.0. The third kappa shape index (κ3) is 4.22. The Labute approximate surface area is 176 Å². The minimum absolute atomic E-state index is 0.104. The third-order valence-corrected chi connectivity index (χ3v) is 5.95. The number of carbonyl (C=O) groups excluding carboxylic acids is 3. The van der Waals surface area contributed by atoms with E-state index in [1.807, 2.05) is 30.3 Å². The van der Waals surface area contributed by atoms with Crippen LogP contribution in [0, 0.1) is 0 Å². The second-order valence-electron chi connectivity index (χ2n) is 7.97. The molecule has 4 rings (SSSR count). The number of nitrogens with one attached hydrogen (secondary N) is 2. The molecule has 2 N–H and O–H groups in total. The summed E-state index contributed by atoms with van der Waals surface area (Å²) < 4.78 is 0. The van der Waals surface area contributed by atoms with Crippen LogP contribution in [-0.2, 0) is 16.0 Å². The van der Waals surface area contributed by atoms with Gasteiger partial charge in [0.05, 0.1) is 11.3 Å². The summed E-state index contributed by atoms with van der Waals surface area (Å²) >= 11 is 0. The van der Waals surface area contributed by atoms with Crippen molar-refractivity contribution in [2.45, 2.75) is 50.6 Å². The van der Waals surface area contributed by atoms with Gasteiger partial charge in [-0.2, -0.15) is 0 Å². The molecule has 6 heteroatoms. The van der Waals surface area contributed by atoms with E-state index < -0.39 is 17.9 Å². The van der Waals surface area contributed by atoms with Gasteiger partial charge < -0.3 is 15.5 Å². The Kier molecular flexibility index (Phi) is 6.12. The van der Waals surface area contributed by atoms with Crippen molar-refractivity contribution >= 4 is 23.4 Å². The van der Waals surface area contributed by atoms with E-state index in [-0.39, 0.29) is 11.9 Å². The molecule has 1 heterocycles. The molecule has 1 aliphatic heterocycles. The highest BCUT2D eigenvalue weighted by molar-refractivity contribution is 6.18. The number of hydrogen-bond acceptors (Lipinski definition) is 3. The summed E-state index contributed by atoms with van der Waals surface area (Å²) in [6.45, 7) is 0.409. The van der Waals surface area contributed by atoms with Crippen molar-refractivity contribution in [2.75, 3.05) is 11.9 Å². The molecule has 2 aromatic rings. The highest BCUT2D eigenvalue weighted by atomic mass is 16.2. The molecule has 1 atom stereocenters. The van der Waals surface area contributed by atoms with Crippen LogP contribution in [0.15, 0.2) is 54.6 Å². The fraction of sp³-hybridized carbons (Fsp3) is 0.375. The van der Waals surface area contributed by atoms with Crippen LogP contribution in [0.4, 0.5) is 5.69 Å². The van der Waals surface area contributed by atoms with Crippen LogP contribution in [-0.4, -0.2) is 41.2 Å². The monoisotopic (exact) mass is 405 g/mol. The molecule has 0 spiro atoms. The van der Waals surface area contributed by atoms with E-state index in [0.717, 1.165) is 37.7 Å². The van der Waals surface area contributed by atoms with E-state index in [9.17, 15) is 14.4 Å². The van der Waals surface area contributed by atoms with E-state index in [2.05, 4.69) is 10.6 Å². The Morgan fingerprint density at radius 3 is 2.43 bits per heavy atom. The SMILES string of the molecule is O=C(NCCc1ccccc1)C1C(=O)Nc2ccccc2C(=O)N1C1CCCCC1. The number of rotatable bonds is 5. The molecule has 3 amide bonds. The molecule has 1 saturated carbocycles. The van der Waals surface area contributed by atoms with Gasteiger partial charge in [-0.15, -0.1) is 0 Å². The van der Waals surface area contributed by atoms with Crippen LogP contribution < -0.4 is 10.6 Å². The number of carbonyl (C=O) groups is 3. The van der Waals surface area contributed by atoms with Crippen LogP contribution in [0.5, 0.6) is 0 Å². The van der Waals surface area contributed by atoms with E-state index in [0.29, 0.717) is 24.2 Å². The first kappa shape index (κ1) is 20.1. The highest BCUT2D eigenvalue weighted by Crippen LogP contribution is 2.30. The molecule has 0 aromatic heterocycles. The maximum absolute atomic E-state index is 13.4. The summed E-state index contributed by atoms with van der Waals surface area (Å²) in [7, 11) is 0. The average Bonchev–Trinajstić information content (AvgIpc) is 2.89. The lowest BCUT2D eigenvalue weighted by atomic mass is 9.92. The Bertz CT molecular complexity index is 922. The summed E-state index contributed by atoms with van der Waals surface area (Å²) in [5.41, 5.74) is 2.01. The lowest BCUT2D eigenvalue weighted by molar-refractivity contribution is -0.134. The van der Waals surface area contributed by atoms with Gasteiger partial charge in [-0.1, -0.05) is 61.7 Å². The molecule has 2 aromatic carbocycles. The Morgan fingerprint density at radius 1 is 0.967 bits per heavy atom. The van der Waals surface area contributed by atoms with E-state index in [1.54, 1.807) is 24.3 Å². The molecule has 1 unspecified atom stereocenters. The van der Waals surface area contributed by atoms with Gasteiger partial charge in [-0.05, 0) is 37.0 Å². The molecule has 2 aliphatic rings. The summed E-state index contributed by atoms with van der Waals surface area (Å²) in [5, 5.41) is 5.68. The Morgan fingerprint density at radius 2 is 1.67 bits per heavy atom. The summed E-state index contributed by atoms with van der Waals surface area (Å²) in [4.78, 5) is 41.2. The van der Waals surface area contributed by atoms with Gasteiger partial charge in [-0.25, -0.2) is 0 Å². The molecule has 0 saturated heterocycles. The summed E-state index contributed by atoms with van der Waals surface area (Å²) in [6, 6.07) is 15.6. The second kappa shape index (κ2) is 9.11. The number of para-hydroxylation sites is 1. The van der Waals surface area contributed by atoms with Gasteiger partial charge in [0.25, 0.3) is 17.7 Å². The predicted octanol–water partition coefficient (Wildman–Crippen LogP) is 3.14. The maximum Gasteiger partial charge on any atom is 0.257 e. The fourth-order valence-corrected chi connectivity index (χ4v) is 4.41. The van der Waals surface area contributed by atoms with Crippen molar-refractivity contribution in [1.82, 2.24) is 10.2 Å². The van der Waals surface area contributed by atoms with E-state index >= 15 is 0 Å². The normalized spacial score (nSPS) is 19.6. The first-order valence-electron chi connectivity index (χ1n) is 10.7. The van der Waals surface area contributed by atoms with Crippen LogP contribution in [0.25, 0.3) is 0 Å². The molecule has 6 nitrogen and oxygen atoms in total. The van der Waals surface area contributed by atoms with Crippen LogP contribution in [0.2, 0.25) is 0 Å². The molecule has 156 valence electrons. The zero-order chi connectivity index (χ0) is 20.9. The van der Waals surface area contributed by atoms with Crippen LogP contribution in [0.1, 0.15) is 48.0 Å². The largest absolute Gasteiger partial charge is 0.354 e. The summed E-state index contributed by atoms with van der Waals surface area (Å²) in [5.74, 6) is -1.12. The minimum atomic E-state index is -1.16. The van der Waals surface area contributed by atoms with Gasteiger partial charge in [0.15, 0.2) is 6.04 Å². The number of anilines is 1. The Hall–Kier alpha value is -3.15. The quantitative estimate of drug-likeness (QED) is 0.750. The van der Waals surface area contributed by atoms with Crippen molar-refractivity contribution in [2.24, 2.45) is 0 Å². The number of nitrogens with zero attached hydrogens (tertiary/aromatic N) is 1. The van der Waals surface area contributed by atoms with Gasteiger partial charge in [0.1, 0.15) is 0 Å². The van der Waals surface area contributed by atoms with Gasteiger partial charge in [0.2, 0.25) is 0 Å². The van der Waals surface area contributed by atoms with Gasteiger partial charge in [0, 0.05) is 12.6 Å². The van der Waals surface area contributed by atoms with Crippen LogP contribution in [0.3, 0.4) is 0 Å². The molecule has 1 aliphatic carbocycles. The van der Waals surface area contributed by atoms with Gasteiger partial charge >= 0.3 is 0 Å². The third-order valence-electron chi connectivity index (χ3n) is 5.95. The highest BCUT2D eigenvalue weighted by Gasteiger charge is 2.43. The first-order valence-corrected chi connectivity index (χ1v) is 10.7. The van der Waals surface area contributed by atoms with Crippen LogP contribution >= 0.6 is 0 Å². The minimum Gasteiger partial charge on any atom is -0.354 e. The Balaban J connectivity index is 1.57. The number of fused-ring (bicyclic) bond motifs is 1.